The summed E-state index contributed by atoms with van der Waals surface area (Å²) in [6.07, 6.45) is 4.13. The van der Waals surface area contributed by atoms with Crippen molar-refractivity contribution in [3.63, 3.8) is 0 Å². The van der Waals surface area contributed by atoms with Gasteiger partial charge in [-0.05, 0) is 65.4 Å². The summed E-state index contributed by atoms with van der Waals surface area (Å²) in [6.45, 7) is 4.13. The number of nitrogens with one attached hydrogen (secondary N) is 2. The van der Waals surface area contributed by atoms with E-state index in [9.17, 15) is 9.90 Å². The molecule has 3 N–H and O–H groups in total. The van der Waals surface area contributed by atoms with E-state index in [-0.39, 0.29) is 24.8 Å². The van der Waals surface area contributed by atoms with Crippen LogP contribution in [0.2, 0.25) is 0 Å². The smallest absolute Gasteiger partial charge is 0.315 e. The summed E-state index contributed by atoms with van der Waals surface area (Å²) in [6, 6.07) is 34.4. The second kappa shape index (κ2) is 15.3. The SMILES string of the molecule is O=C(NCc1ccccc1)NCc1cccc(-c2ccc(C3OC(CN4CCCCC4)CC(c4ccc(CO)cc4)O3)cc2)c1. The van der Waals surface area contributed by atoms with Crippen LogP contribution in [0.25, 0.3) is 11.1 Å². The molecule has 0 spiro atoms. The lowest BCUT2D eigenvalue weighted by Crippen LogP contribution is -2.41. The molecule has 2 amide bonds. The number of benzene rings is 4. The van der Waals surface area contributed by atoms with E-state index in [1.54, 1.807) is 0 Å². The summed E-state index contributed by atoms with van der Waals surface area (Å²) in [5.74, 6) is 0. The molecule has 3 unspecified atom stereocenters. The van der Waals surface area contributed by atoms with Gasteiger partial charge in [-0.3, -0.25) is 0 Å². The maximum absolute atomic E-state index is 12.4. The Balaban J connectivity index is 1.10. The third-order valence-corrected chi connectivity index (χ3v) is 8.72. The normalized spacial score (nSPS) is 20.4. The minimum absolute atomic E-state index is 0.0327. The first-order chi connectivity index (χ1) is 22.1. The summed E-state index contributed by atoms with van der Waals surface area (Å²) in [5.41, 5.74) is 7.26. The third-order valence-electron chi connectivity index (χ3n) is 8.72. The van der Waals surface area contributed by atoms with Crippen molar-refractivity contribution >= 4 is 6.03 Å². The number of amides is 2. The number of carbonyl (C=O) groups is 1. The average Bonchev–Trinajstić information content (AvgIpc) is 3.11. The summed E-state index contributed by atoms with van der Waals surface area (Å²) in [4.78, 5) is 14.9. The lowest BCUT2D eigenvalue weighted by Gasteiger charge is -2.39. The van der Waals surface area contributed by atoms with Crippen molar-refractivity contribution in [3.8, 4) is 11.1 Å². The molecule has 2 aliphatic rings. The predicted octanol–water partition coefficient (Wildman–Crippen LogP) is 6.88. The Morgan fingerprint density at radius 2 is 1.40 bits per heavy atom. The molecular formula is C38H43N3O4. The zero-order valence-electron chi connectivity index (χ0n) is 25.7. The van der Waals surface area contributed by atoms with Gasteiger partial charge in [0.1, 0.15) is 0 Å². The zero-order valence-corrected chi connectivity index (χ0v) is 25.7. The summed E-state index contributed by atoms with van der Waals surface area (Å²) < 4.78 is 13.2. The molecule has 0 aromatic heterocycles. The van der Waals surface area contributed by atoms with Crippen LogP contribution in [0, 0.1) is 0 Å². The second-order valence-electron chi connectivity index (χ2n) is 12.1. The number of piperidine rings is 1. The summed E-state index contributed by atoms with van der Waals surface area (Å²) in [7, 11) is 0. The number of carbonyl (C=O) groups excluding carboxylic acids is 1. The molecule has 7 nitrogen and oxygen atoms in total. The Labute approximate surface area is 266 Å². The molecule has 234 valence electrons. The predicted molar refractivity (Wildman–Crippen MR) is 176 cm³/mol. The summed E-state index contributed by atoms with van der Waals surface area (Å²) >= 11 is 0. The van der Waals surface area contributed by atoms with Gasteiger partial charge < -0.3 is 30.1 Å². The average molecular weight is 606 g/mol. The maximum Gasteiger partial charge on any atom is 0.315 e. The first kappa shape index (κ1) is 31.0. The van der Waals surface area contributed by atoms with Crippen molar-refractivity contribution in [2.24, 2.45) is 0 Å². The number of aliphatic hydroxyl groups is 1. The van der Waals surface area contributed by atoms with Gasteiger partial charge in [-0.2, -0.15) is 0 Å². The van der Waals surface area contributed by atoms with E-state index in [0.29, 0.717) is 13.1 Å². The molecule has 6 rings (SSSR count). The minimum atomic E-state index is -0.463. The van der Waals surface area contributed by atoms with E-state index in [2.05, 4.69) is 64.1 Å². The Bertz CT molecular complexity index is 1500. The largest absolute Gasteiger partial charge is 0.392 e. The van der Waals surface area contributed by atoms with Crippen molar-refractivity contribution < 1.29 is 19.4 Å². The van der Waals surface area contributed by atoms with E-state index < -0.39 is 6.29 Å². The Hall–Kier alpha value is -4.01. The molecule has 7 heteroatoms. The van der Waals surface area contributed by atoms with Crippen molar-refractivity contribution in [3.05, 3.63) is 131 Å². The molecule has 2 heterocycles. The van der Waals surface area contributed by atoms with Crippen LogP contribution >= 0.6 is 0 Å². The van der Waals surface area contributed by atoms with Gasteiger partial charge in [0.25, 0.3) is 0 Å². The topological polar surface area (TPSA) is 83.1 Å². The van der Waals surface area contributed by atoms with E-state index in [4.69, 9.17) is 9.47 Å². The molecule has 0 saturated carbocycles. The van der Waals surface area contributed by atoms with E-state index in [1.165, 1.54) is 19.3 Å². The molecule has 2 saturated heterocycles. The molecule has 3 atom stereocenters. The third kappa shape index (κ3) is 8.59. The van der Waals surface area contributed by atoms with Gasteiger partial charge in [-0.1, -0.05) is 103 Å². The Morgan fingerprint density at radius 1 is 0.711 bits per heavy atom. The Kier molecular flexibility index (Phi) is 10.6. The van der Waals surface area contributed by atoms with Crippen molar-refractivity contribution in [1.82, 2.24) is 15.5 Å². The fourth-order valence-electron chi connectivity index (χ4n) is 6.18. The lowest BCUT2D eigenvalue weighted by molar-refractivity contribution is -0.253. The number of nitrogens with zero attached hydrogens (tertiary/aromatic N) is 1. The van der Waals surface area contributed by atoms with Gasteiger partial charge in [0.2, 0.25) is 0 Å². The fourth-order valence-corrected chi connectivity index (χ4v) is 6.18. The first-order valence-corrected chi connectivity index (χ1v) is 16.1. The highest BCUT2D eigenvalue weighted by Gasteiger charge is 2.33. The highest BCUT2D eigenvalue weighted by atomic mass is 16.7. The van der Waals surface area contributed by atoms with Crippen LogP contribution in [0.15, 0.2) is 103 Å². The second-order valence-corrected chi connectivity index (χ2v) is 12.1. The van der Waals surface area contributed by atoms with Gasteiger partial charge in [-0.15, -0.1) is 0 Å². The van der Waals surface area contributed by atoms with E-state index in [0.717, 1.165) is 65.0 Å². The molecule has 4 aromatic rings. The number of hydrogen-bond acceptors (Lipinski definition) is 5. The molecule has 0 radical (unpaired) electrons. The van der Waals surface area contributed by atoms with Gasteiger partial charge >= 0.3 is 6.03 Å². The van der Waals surface area contributed by atoms with Crippen molar-refractivity contribution in [2.45, 2.75) is 63.9 Å². The van der Waals surface area contributed by atoms with Crippen LogP contribution in [-0.4, -0.2) is 41.8 Å². The Morgan fingerprint density at radius 3 is 2.13 bits per heavy atom. The molecule has 2 aliphatic heterocycles. The van der Waals surface area contributed by atoms with Crippen LogP contribution in [0.1, 0.15) is 65.9 Å². The van der Waals surface area contributed by atoms with Crippen LogP contribution < -0.4 is 10.6 Å². The van der Waals surface area contributed by atoms with Crippen LogP contribution in [0.5, 0.6) is 0 Å². The number of aliphatic hydroxyl groups excluding tert-OH is 1. The van der Waals surface area contributed by atoms with Gasteiger partial charge in [0.15, 0.2) is 6.29 Å². The minimum Gasteiger partial charge on any atom is -0.392 e. The van der Waals surface area contributed by atoms with Gasteiger partial charge in [0, 0.05) is 31.6 Å². The van der Waals surface area contributed by atoms with Gasteiger partial charge in [-0.25, -0.2) is 4.79 Å². The molecule has 2 fully saturated rings. The number of urea groups is 1. The molecule has 0 aliphatic carbocycles. The monoisotopic (exact) mass is 605 g/mol. The van der Waals surface area contributed by atoms with Crippen LogP contribution in [0.3, 0.4) is 0 Å². The van der Waals surface area contributed by atoms with Crippen LogP contribution in [0.4, 0.5) is 4.79 Å². The van der Waals surface area contributed by atoms with Crippen molar-refractivity contribution in [1.29, 1.82) is 0 Å². The number of likely N-dealkylation sites (tertiary alicyclic amines) is 1. The van der Waals surface area contributed by atoms with Crippen LogP contribution in [-0.2, 0) is 29.2 Å². The molecular weight excluding hydrogens is 562 g/mol. The number of rotatable bonds is 10. The first-order valence-electron chi connectivity index (χ1n) is 16.1. The van der Waals surface area contributed by atoms with E-state index in [1.807, 2.05) is 54.6 Å². The quantitative estimate of drug-likeness (QED) is 0.184. The number of hydrogen-bond donors (Lipinski definition) is 3. The fraction of sp³-hybridized carbons (Fsp3) is 0.342. The summed E-state index contributed by atoms with van der Waals surface area (Å²) in [5, 5.41) is 15.4. The van der Waals surface area contributed by atoms with Gasteiger partial charge in [0.05, 0.1) is 18.8 Å². The van der Waals surface area contributed by atoms with Crippen molar-refractivity contribution in [2.75, 3.05) is 19.6 Å². The standard InChI is InChI=1S/C38H43N3O4/c42-27-29-12-14-32(15-13-29)36-23-35(26-41-20-5-2-6-21-41)44-37(45-36)33-18-16-31(17-19-33)34-11-7-10-30(22-34)25-40-38(43)39-24-28-8-3-1-4-9-28/h1,3-4,7-19,22,35-37,42H,2,5-6,20-21,23-27H2,(H2,39,40,43). The molecule has 4 aromatic carbocycles. The number of ether oxygens (including phenoxy) is 2. The molecule has 0 bridgehead atoms. The van der Waals surface area contributed by atoms with E-state index >= 15 is 0 Å². The highest BCUT2D eigenvalue weighted by Crippen LogP contribution is 2.39. The lowest BCUT2D eigenvalue weighted by atomic mass is 9.98. The highest BCUT2D eigenvalue weighted by molar-refractivity contribution is 5.74. The zero-order chi connectivity index (χ0) is 30.8. The maximum atomic E-state index is 12.4. The molecule has 45 heavy (non-hydrogen) atoms.